The summed E-state index contributed by atoms with van der Waals surface area (Å²) in [4.78, 5) is 18.7. The molecule has 1 aromatic heterocycles. The lowest BCUT2D eigenvalue weighted by Crippen LogP contribution is -2.38. The number of halogens is 1. The van der Waals surface area contributed by atoms with E-state index in [0.717, 1.165) is 30.5 Å². The van der Waals surface area contributed by atoms with Gasteiger partial charge in [-0.1, -0.05) is 24.9 Å². The summed E-state index contributed by atoms with van der Waals surface area (Å²) in [7, 11) is 0. The summed E-state index contributed by atoms with van der Waals surface area (Å²) in [5.74, 6) is 1.63. The smallest absolute Gasteiger partial charge is 0.261 e. The van der Waals surface area contributed by atoms with Crippen molar-refractivity contribution >= 4 is 40.2 Å². The quantitative estimate of drug-likeness (QED) is 0.818. The van der Waals surface area contributed by atoms with E-state index in [4.69, 9.17) is 16.3 Å². The van der Waals surface area contributed by atoms with Crippen molar-refractivity contribution in [3.63, 3.8) is 0 Å². The normalized spacial score (nSPS) is 17.7. The third kappa shape index (κ3) is 3.56. The van der Waals surface area contributed by atoms with Crippen LogP contribution in [0.3, 0.4) is 0 Å². The lowest BCUT2D eigenvalue weighted by atomic mass is 10.2. The van der Waals surface area contributed by atoms with Gasteiger partial charge >= 0.3 is 0 Å². The van der Waals surface area contributed by atoms with E-state index in [0.29, 0.717) is 16.3 Å². The van der Waals surface area contributed by atoms with Gasteiger partial charge in [0.2, 0.25) is 0 Å². The van der Waals surface area contributed by atoms with Gasteiger partial charge in [-0.25, -0.2) is 0 Å². The molecule has 23 heavy (non-hydrogen) atoms. The topological polar surface area (TPSA) is 42.4 Å². The van der Waals surface area contributed by atoms with Crippen molar-refractivity contribution in [2.75, 3.05) is 18.9 Å². The molecule has 3 rings (SSSR count). The van der Waals surface area contributed by atoms with Crippen molar-refractivity contribution in [3.05, 3.63) is 35.5 Å². The molecule has 1 atom stereocenters. The summed E-state index contributed by atoms with van der Waals surface area (Å²) in [5, 5.41) is 1.75. The molecular formula is C17H19ClN2O2S. The molecule has 1 amide bonds. The summed E-state index contributed by atoms with van der Waals surface area (Å²) in [6.07, 6.45) is 3.80. The Morgan fingerprint density at radius 2 is 2.35 bits per heavy atom. The average molecular weight is 351 g/mol. The van der Waals surface area contributed by atoms with E-state index in [1.54, 1.807) is 18.3 Å². The van der Waals surface area contributed by atoms with Gasteiger partial charge in [-0.15, -0.1) is 11.8 Å². The number of benzene rings is 1. The molecule has 2 heterocycles. The number of nitrogens with zero attached hydrogens (tertiary/aromatic N) is 2. The summed E-state index contributed by atoms with van der Waals surface area (Å²) < 4.78 is 5.75. The van der Waals surface area contributed by atoms with Gasteiger partial charge in [0.1, 0.15) is 11.3 Å². The molecule has 0 unspecified atom stereocenters. The predicted octanol–water partition coefficient (Wildman–Crippen LogP) is 3.97. The monoisotopic (exact) mass is 350 g/mol. The molecule has 0 saturated carbocycles. The van der Waals surface area contributed by atoms with Crippen LogP contribution in [0.5, 0.6) is 5.75 Å². The Bertz CT molecular complexity index is 710. The standard InChI is InChI=1S/C17H19ClN2O2S/c1-2-4-16-20(9-10-23-16)15(21)11-22-14-7-6-13(18)12-5-3-8-19-17(12)14/h3,5-8,16H,2,4,9-11H2,1H3/t16-/m0/s1. The Labute approximate surface area is 145 Å². The number of fused-ring (bicyclic) bond motifs is 1. The number of carbonyl (C=O) groups is 1. The van der Waals surface area contributed by atoms with Crippen LogP contribution in [-0.4, -0.2) is 40.1 Å². The molecule has 0 spiro atoms. The summed E-state index contributed by atoms with van der Waals surface area (Å²) in [6.45, 7) is 2.98. The highest BCUT2D eigenvalue weighted by atomic mass is 35.5. The van der Waals surface area contributed by atoms with Gasteiger partial charge in [-0.05, 0) is 30.7 Å². The molecule has 0 radical (unpaired) electrons. The van der Waals surface area contributed by atoms with Crippen molar-refractivity contribution in [1.82, 2.24) is 9.88 Å². The fourth-order valence-corrected chi connectivity index (χ4v) is 4.34. The van der Waals surface area contributed by atoms with Crippen LogP contribution in [0.2, 0.25) is 5.02 Å². The van der Waals surface area contributed by atoms with Gasteiger partial charge in [0.15, 0.2) is 6.61 Å². The van der Waals surface area contributed by atoms with Crippen LogP contribution in [0.1, 0.15) is 19.8 Å². The SMILES string of the molecule is CCC[C@@H]1SCCN1C(=O)COc1ccc(Cl)c2cccnc12. The number of thioether (sulfide) groups is 1. The zero-order valence-electron chi connectivity index (χ0n) is 13.0. The number of amides is 1. The molecular weight excluding hydrogens is 332 g/mol. The van der Waals surface area contributed by atoms with Gasteiger partial charge in [0, 0.05) is 23.9 Å². The first-order valence-corrected chi connectivity index (χ1v) is 9.20. The molecule has 0 aliphatic carbocycles. The van der Waals surface area contributed by atoms with Crippen LogP contribution >= 0.6 is 23.4 Å². The molecule has 1 aliphatic heterocycles. The van der Waals surface area contributed by atoms with Crippen LogP contribution in [0, 0.1) is 0 Å². The first-order valence-electron chi connectivity index (χ1n) is 7.78. The van der Waals surface area contributed by atoms with E-state index in [1.807, 2.05) is 28.8 Å². The number of ether oxygens (including phenoxy) is 1. The number of pyridine rings is 1. The fourth-order valence-electron chi connectivity index (χ4n) is 2.74. The van der Waals surface area contributed by atoms with Crippen molar-refractivity contribution in [2.45, 2.75) is 25.1 Å². The number of aromatic nitrogens is 1. The van der Waals surface area contributed by atoms with E-state index >= 15 is 0 Å². The van der Waals surface area contributed by atoms with Gasteiger partial charge in [-0.2, -0.15) is 0 Å². The van der Waals surface area contributed by atoms with Gasteiger partial charge < -0.3 is 9.64 Å². The van der Waals surface area contributed by atoms with Crippen LogP contribution < -0.4 is 4.74 Å². The minimum atomic E-state index is 0.0347. The van der Waals surface area contributed by atoms with Gasteiger partial charge in [-0.3, -0.25) is 9.78 Å². The van der Waals surface area contributed by atoms with Crippen LogP contribution in [0.4, 0.5) is 0 Å². The largest absolute Gasteiger partial charge is 0.481 e. The number of carbonyl (C=O) groups excluding carboxylic acids is 1. The highest BCUT2D eigenvalue weighted by Crippen LogP contribution is 2.30. The second-order valence-electron chi connectivity index (χ2n) is 5.44. The maximum Gasteiger partial charge on any atom is 0.261 e. The Morgan fingerprint density at radius 1 is 1.48 bits per heavy atom. The van der Waals surface area contributed by atoms with Crippen molar-refractivity contribution < 1.29 is 9.53 Å². The fraction of sp³-hybridized carbons (Fsp3) is 0.412. The third-order valence-electron chi connectivity index (χ3n) is 3.88. The van der Waals surface area contributed by atoms with E-state index < -0.39 is 0 Å². The van der Waals surface area contributed by atoms with Gasteiger partial charge in [0.05, 0.1) is 10.4 Å². The molecule has 1 aliphatic rings. The molecule has 122 valence electrons. The average Bonchev–Trinajstić information content (AvgIpc) is 3.03. The maximum absolute atomic E-state index is 12.4. The summed E-state index contributed by atoms with van der Waals surface area (Å²) >= 11 is 8.03. The Morgan fingerprint density at radius 3 is 3.17 bits per heavy atom. The zero-order chi connectivity index (χ0) is 16.2. The molecule has 0 N–H and O–H groups in total. The van der Waals surface area contributed by atoms with Crippen molar-refractivity contribution in [3.8, 4) is 5.75 Å². The van der Waals surface area contributed by atoms with E-state index in [2.05, 4.69) is 11.9 Å². The highest BCUT2D eigenvalue weighted by molar-refractivity contribution is 8.00. The van der Waals surface area contributed by atoms with Crippen LogP contribution in [-0.2, 0) is 4.79 Å². The molecule has 0 bridgehead atoms. The number of rotatable bonds is 5. The molecule has 2 aromatic rings. The van der Waals surface area contributed by atoms with E-state index in [-0.39, 0.29) is 17.9 Å². The van der Waals surface area contributed by atoms with Crippen LogP contribution in [0.25, 0.3) is 10.9 Å². The first-order chi connectivity index (χ1) is 11.2. The zero-order valence-corrected chi connectivity index (χ0v) is 14.6. The first kappa shape index (κ1) is 16.4. The Hall–Kier alpha value is -1.46. The number of hydrogen-bond acceptors (Lipinski definition) is 4. The third-order valence-corrected chi connectivity index (χ3v) is 5.50. The minimum Gasteiger partial charge on any atom is -0.481 e. The van der Waals surface area contributed by atoms with Crippen molar-refractivity contribution in [1.29, 1.82) is 0 Å². The molecule has 1 aromatic carbocycles. The Kier molecular flexibility index (Phi) is 5.28. The van der Waals surface area contributed by atoms with Gasteiger partial charge in [0.25, 0.3) is 5.91 Å². The maximum atomic E-state index is 12.4. The van der Waals surface area contributed by atoms with E-state index in [1.165, 1.54) is 0 Å². The summed E-state index contributed by atoms with van der Waals surface area (Å²) in [6, 6.07) is 7.28. The highest BCUT2D eigenvalue weighted by Gasteiger charge is 2.28. The number of hydrogen-bond donors (Lipinski definition) is 0. The second-order valence-corrected chi connectivity index (χ2v) is 7.13. The molecule has 4 nitrogen and oxygen atoms in total. The minimum absolute atomic E-state index is 0.0347. The van der Waals surface area contributed by atoms with Crippen molar-refractivity contribution in [2.24, 2.45) is 0 Å². The second kappa shape index (κ2) is 7.41. The Balaban J connectivity index is 1.71. The predicted molar refractivity (Wildman–Crippen MR) is 95.1 cm³/mol. The summed E-state index contributed by atoms with van der Waals surface area (Å²) in [5.41, 5.74) is 0.689. The molecule has 1 fully saturated rings. The van der Waals surface area contributed by atoms with E-state index in [9.17, 15) is 4.79 Å². The molecule has 6 heteroatoms. The molecule has 1 saturated heterocycles. The van der Waals surface area contributed by atoms with Crippen LogP contribution in [0.15, 0.2) is 30.5 Å². The lowest BCUT2D eigenvalue weighted by molar-refractivity contribution is -0.133. The lowest BCUT2D eigenvalue weighted by Gasteiger charge is -2.23.